The van der Waals surface area contributed by atoms with Crippen molar-refractivity contribution in [3.63, 3.8) is 0 Å². The first-order valence-electron chi connectivity index (χ1n) is 6.09. The molecule has 0 saturated carbocycles. The summed E-state index contributed by atoms with van der Waals surface area (Å²) in [4.78, 5) is 13.7. The molecule has 1 aliphatic rings. The molecule has 1 amide bonds. The van der Waals surface area contributed by atoms with Crippen molar-refractivity contribution < 1.29 is 18.3 Å². The largest absolute Gasteiger partial charge is 0.377 e. The number of hydrogen-bond donors (Lipinski definition) is 1. The van der Waals surface area contributed by atoms with E-state index in [0.717, 1.165) is 6.07 Å². The number of carbonyl (C=O) groups is 1. The van der Waals surface area contributed by atoms with E-state index in [4.69, 9.17) is 10.5 Å². The first kappa shape index (κ1) is 13.9. The van der Waals surface area contributed by atoms with Gasteiger partial charge in [-0.25, -0.2) is 8.78 Å². The van der Waals surface area contributed by atoms with Crippen LogP contribution in [0.5, 0.6) is 0 Å². The highest BCUT2D eigenvalue weighted by molar-refractivity contribution is 5.95. The highest BCUT2D eigenvalue weighted by Gasteiger charge is 2.30. The van der Waals surface area contributed by atoms with Crippen LogP contribution in [-0.4, -0.2) is 43.2 Å². The third kappa shape index (κ3) is 2.59. The number of benzene rings is 1. The van der Waals surface area contributed by atoms with Crippen molar-refractivity contribution in [3.05, 3.63) is 34.9 Å². The third-order valence-electron chi connectivity index (χ3n) is 3.26. The van der Waals surface area contributed by atoms with Crippen molar-refractivity contribution in [1.29, 1.82) is 0 Å². The lowest BCUT2D eigenvalue weighted by Crippen LogP contribution is -2.52. The quantitative estimate of drug-likeness (QED) is 0.874. The molecule has 0 bridgehead atoms. The normalized spacial score (nSPS) is 19.6. The molecule has 0 radical (unpaired) electrons. The molecule has 0 aromatic heterocycles. The molecular weight excluding hydrogens is 254 g/mol. The van der Waals surface area contributed by atoms with Gasteiger partial charge in [0.05, 0.1) is 19.3 Å². The monoisotopic (exact) mass is 270 g/mol. The lowest BCUT2D eigenvalue weighted by Gasteiger charge is -2.35. The molecule has 19 heavy (non-hydrogen) atoms. The Hall–Kier alpha value is -1.53. The summed E-state index contributed by atoms with van der Waals surface area (Å²) in [5, 5.41) is 0. The topological polar surface area (TPSA) is 55.6 Å². The highest BCUT2D eigenvalue weighted by Crippen LogP contribution is 2.20. The summed E-state index contributed by atoms with van der Waals surface area (Å²) in [7, 11) is 0. The van der Waals surface area contributed by atoms with Gasteiger partial charge in [-0.1, -0.05) is 6.07 Å². The van der Waals surface area contributed by atoms with Gasteiger partial charge in [0.2, 0.25) is 0 Å². The molecular formula is C13H16F2N2O2. The summed E-state index contributed by atoms with van der Waals surface area (Å²) < 4.78 is 32.9. The molecule has 1 aromatic rings. The van der Waals surface area contributed by atoms with Crippen LogP contribution in [0.3, 0.4) is 0 Å². The van der Waals surface area contributed by atoms with Crippen LogP contribution >= 0.6 is 0 Å². The maximum atomic E-state index is 13.9. The zero-order valence-electron chi connectivity index (χ0n) is 10.7. The van der Waals surface area contributed by atoms with Gasteiger partial charge in [0.25, 0.3) is 5.91 Å². The highest BCUT2D eigenvalue weighted by atomic mass is 19.1. The van der Waals surface area contributed by atoms with Gasteiger partial charge in [0, 0.05) is 13.1 Å². The fourth-order valence-electron chi connectivity index (χ4n) is 2.11. The number of aryl methyl sites for hydroxylation is 1. The minimum Gasteiger partial charge on any atom is -0.377 e. The van der Waals surface area contributed by atoms with Crippen molar-refractivity contribution in [3.8, 4) is 0 Å². The average Bonchev–Trinajstić information content (AvgIpc) is 2.43. The van der Waals surface area contributed by atoms with Crippen molar-refractivity contribution in [2.24, 2.45) is 5.73 Å². The van der Waals surface area contributed by atoms with Gasteiger partial charge in [-0.15, -0.1) is 0 Å². The smallest absolute Gasteiger partial charge is 0.260 e. The second kappa shape index (κ2) is 5.63. The van der Waals surface area contributed by atoms with E-state index in [0.29, 0.717) is 6.61 Å². The van der Waals surface area contributed by atoms with E-state index in [1.165, 1.54) is 17.9 Å². The van der Waals surface area contributed by atoms with Crippen LogP contribution in [0.2, 0.25) is 0 Å². The Labute approximate surface area is 110 Å². The number of amides is 1. The Bertz CT molecular complexity index is 494. The maximum Gasteiger partial charge on any atom is 0.260 e. The van der Waals surface area contributed by atoms with Gasteiger partial charge < -0.3 is 15.4 Å². The lowest BCUT2D eigenvalue weighted by molar-refractivity contribution is 0.000332. The van der Waals surface area contributed by atoms with Crippen LogP contribution in [0, 0.1) is 18.6 Å². The van der Waals surface area contributed by atoms with E-state index in [9.17, 15) is 13.6 Å². The zero-order valence-corrected chi connectivity index (χ0v) is 10.7. The lowest BCUT2D eigenvalue weighted by atomic mass is 10.1. The van der Waals surface area contributed by atoms with Crippen LogP contribution in [0.4, 0.5) is 8.78 Å². The van der Waals surface area contributed by atoms with E-state index >= 15 is 0 Å². The molecule has 1 unspecified atom stereocenters. The maximum absolute atomic E-state index is 13.9. The van der Waals surface area contributed by atoms with Crippen LogP contribution in [0.25, 0.3) is 0 Å². The minimum atomic E-state index is -0.852. The SMILES string of the molecule is Cc1ccc(F)c(C(=O)N2CCOCC2CN)c1F. The Balaban J connectivity index is 2.36. The van der Waals surface area contributed by atoms with Gasteiger partial charge in [-0.2, -0.15) is 0 Å². The molecule has 1 atom stereocenters. The second-order valence-electron chi connectivity index (χ2n) is 4.52. The fraction of sp³-hybridized carbons (Fsp3) is 0.462. The van der Waals surface area contributed by atoms with E-state index in [2.05, 4.69) is 0 Å². The van der Waals surface area contributed by atoms with Gasteiger partial charge in [0.15, 0.2) is 0 Å². The van der Waals surface area contributed by atoms with Crippen LogP contribution in [0.1, 0.15) is 15.9 Å². The van der Waals surface area contributed by atoms with Gasteiger partial charge in [-0.3, -0.25) is 4.79 Å². The van der Waals surface area contributed by atoms with Crippen molar-refractivity contribution in [1.82, 2.24) is 4.90 Å². The van der Waals surface area contributed by atoms with Crippen molar-refractivity contribution in [2.45, 2.75) is 13.0 Å². The number of morpholine rings is 1. The number of carbonyl (C=O) groups excluding carboxylic acids is 1. The van der Waals surface area contributed by atoms with Gasteiger partial charge in [-0.05, 0) is 18.6 Å². The van der Waals surface area contributed by atoms with Gasteiger partial charge in [0.1, 0.15) is 17.2 Å². The molecule has 1 fully saturated rings. The first-order chi connectivity index (χ1) is 9.06. The molecule has 1 heterocycles. The van der Waals surface area contributed by atoms with Gasteiger partial charge >= 0.3 is 0 Å². The molecule has 4 nitrogen and oxygen atoms in total. The van der Waals surface area contributed by atoms with Crippen LogP contribution < -0.4 is 5.73 Å². The van der Waals surface area contributed by atoms with E-state index in [1.807, 2.05) is 0 Å². The predicted octanol–water partition coefficient (Wildman–Crippen LogP) is 1.07. The molecule has 1 saturated heterocycles. The van der Waals surface area contributed by atoms with Crippen LogP contribution in [0.15, 0.2) is 12.1 Å². The molecule has 2 rings (SSSR count). The van der Waals surface area contributed by atoms with Crippen molar-refractivity contribution >= 4 is 5.91 Å². The minimum absolute atomic E-state index is 0.195. The second-order valence-corrected chi connectivity index (χ2v) is 4.52. The third-order valence-corrected chi connectivity index (χ3v) is 3.26. The summed E-state index contributed by atoms with van der Waals surface area (Å²) in [5.41, 5.74) is 5.28. The molecule has 1 aliphatic heterocycles. The average molecular weight is 270 g/mol. The van der Waals surface area contributed by atoms with Crippen molar-refractivity contribution in [2.75, 3.05) is 26.3 Å². The number of hydrogen-bond acceptors (Lipinski definition) is 3. The number of rotatable bonds is 2. The Morgan fingerprint density at radius 2 is 2.26 bits per heavy atom. The van der Waals surface area contributed by atoms with E-state index < -0.39 is 23.1 Å². The van der Waals surface area contributed by atoms with E-state index in [-0.39, 0.29) is 31.3 Å². The standard InChI is InChI=1S/C13H16F2N2O2/c1-8-2-3-10(14)11(12(8)15)13(18)17-4-5-19-7-9(17)6-16/h2-3,9H,4-7,16H2,1H3. The summed E-state index contributed by atoms with van der Waals surface area (Å²) in [5.74, 6) is -2.33. The number of nitrogens with two attached hydrogens (primary N) is 1. The van der Waals surface area contributed by atoms with Crippen LogP contribution in [-0.2, 0) is 4.74 Å². The van der Waals surface area contributed by atoms with E-state index in [1.54, 1.807) is 0 Å². The molecule has 1 aromatic carbocycles. The molecule has 0 spiro atoms. The molecule has 6 heteroatoms. The first-order valence-corrected chi connectivity index (χ1v) is 6.09. The summed E-state index contributed by atoms with van der Waals surface area (Å²) >= 11 is 0. The summed E-state index contributed by atoms with van der Waals surface area (Å²) in [6.07, 6.45) is 0. The Morgan fingerprint density at radius 1 is 1.53 bits per heavy atom. The number of ether oxygens (including phenoxy) is 1. The number of nitrogens with zero attached hydrogens (tertiary/aromatic N) is 1. The summed E-state index contributed by atoms with van der Waals surface area (Å²) in [6, 6.07) is 2.06. The molecule has 104 valence electrons. The number of halogens is 2. The Kier molecular flexibility index (Phi) is 4.11. The molecule has 2 N–H and O–H groups in total. The predicted molar refractivity (Wildman–Crippen MR) is 65.8 cm³/mol. The zero-order chi connectivity index (χ0) is 14.0. The Morgan fingerprint density at radius 3 is 2.95 bits per heavy atom. The molecule has 0 aliphatic carbocycles. The fourth-order valence-corrected chi connectivity index (χ4v) is 2.11. The summed E-state index contributed by atoms with van der Waals surface area (Å²) in [6.45, 7) is 2.61.